The first-order valence-electron chi connectivity index (χ1n) is 8.41. The van der Waals surface area contributed by atoms with Gasteiger partial charge in [-0.05, 0) is 24.3 Å². The normalized spacial score (nSPS) is 11.0. The molecule has 9 nitrogen and oxygen atoms in total. The smallest absolute Gasteiger partial charge is 0.328 e. The number of para-hydroxylation sites is 1. The summed E-state index contributed by atoms with van der Waals surface area (Å²) in [5.74, 6) is -0.195. The molecule has 140 valence electrons. The Kier molecular flexibility index (Phi) is 4.32. The van der Waals surface area contributed by atoms with E-state index < -0.39 is 23.6 Å². The molecule has 0 aliphatic carbocycles. The summed E-state index contributed by atoms with van der Waals surface area (Å²) in [5, 5.41) is 3.57. The summed E-state index contributed by atoms with van der Waals surface area (Å²) in [6.07, 6.45) is 0. The molecule has 0 amide bonds. The Labute approximate surface area is 157 Å². The average Bonchev–Trinajstić information content (AvgIpc) is 2.70. The number of anilines is 1. The van der Waals surface area contributed by atoms with E-state index in [4.69, 9.17) is 10.5 Å². The maximum Gasteiger partial charge on any atom is 0.328 e. The van der Waals surface area contributed by atoms with E-state index in [1.54, 1.807) is 30.3 Å². The van der Waals surface area contributed by atoms with Crippen molar-refractivity contribution in [3.8, 4) is 0 Å². The summed E-state index contributed by atoms with van der Waals surface area (Å²) in [6, 6.07) is 13.6. The van der Waals surface area contributed by atoms with Gasteiger partial charge in [0.25, 0.3) is 11.1 Å². The Morgan fingerprint density at radius 2 is 1.68 bits per heavy atom. The Morgan fingerprint density at radius 1 is 1.00 bits per heavy atom. The van der Waals surface area contributed by atoms with Crippen molar-refractivity contribution in [3.05, 3.63) is 75.1 Å². The lowest BCUT2D eigenvalue weighted by atomic mass is 10.2. The standard InChI is InChI=1S/C19H15N5O4/c20-17-13-7-3-4-8-14(13)21-15(22-17)10-28-16(25)9-24-19(27)12-6-2-1-5-11(12)18(26)23-24/h1-8H,9-10H2,(H,23,26)(H2,20,21,22). The molecule has 0 aliphatic rings. The number of carbonyl (C=O) groups is 1. The van der Waals surface area contributed by atoms with Crippen molar-refractivity contribution in [1.29, 1.82) is 0 Å². The number of hydrogen-bond acceptors (Lipinski definition) is 7. The molecule has 4 aromatic rings. The number of aromatic amines is 1. The highest BCUT2D eigenvalue weighted by Gasteiger charge is 2.12. The molecular formula is C19H15N5O4. The van der Waals surface area contributed by atoms with Gasteiger partial charge in [-0.3, -0.25) is 19.5 Å². The Bertz CT molecular complexity index is 1330. The molecule has 0 bridgehead atoms. The van der Waals surface area contributed by atoms with Crippen molar-refractivity contribution in [2.75, 3.05) is 5.73 Å². The number of rotatable bonds is 4. The number of aromatic nitrogens is 4. The predicted octanol–water partition coefficient (Wildman–Crippen LogP) is 0.959. The van der Waals surface area contributed by atoms with Crippen molar-refractivity contribution in [3.63, 3.8) is 0 Å². The van der Waals surface area contributed by atoms with Crippen LogP contribution in [-0.4, -0.2) is 25.7 Å². The van der Waals surface area contributed by atoms with Crippen molar-refractivity contribution in [1.82, 2.24) is 19.7 Å². The van der Waals surface area contributed by atoms with Crippen LogP contribution < -0.4 is 16.9 Å². The van der Waals surface area contributed by atoms with Crippen molar-refractivity contribution in [2.45, 2.75) is 13.2 Å². The average molecular weight is 377 g/mol. The number of benzene rings is 2. The third-order valence-electron chi connectivity index (χ3n) is 4.21. The third-order valence-corrected chi connectivity index (χ3v) is 4.21. The molecule has 0 radical (unpaired) electrons. The van der Waals surface area contributed by atoms with Gasteiger partial charge in [0.2, 0.25) is 0 Å². The minimum atomic E-state index is -0.719. The predicted molar refractivity (Wildman–Crippen MR) is 103 cm³/mol. The lowest BCUT2D eigenvalue weighted by molar-refractivity contribution is -0.146. The number of esters is 1. The van der Waals surface area contributed by atoms with E-state index in [-0.39, 0.29) is 29.0 Å². The fraction of sp³-hybridized carbons (Fsp3) is 0.105. The summed E-state index contributed by atoms with van der Waals surface area (Å²) >= 11 is 0. The van der Waals surface area contributed by atoms with Crippen molar-refractivity contribution >= 4 is 33.5 Å². The molecule has 0 unspecified atom stereocenters. The number of nitrogens with zero attached hydrogens (tertiary/aromatic N) is 3. The van der Waals surface area contributed by atoms with Crippen molar-refractivity contribution < 1.29 is 9.53 Å². The molecular weight excluding hydrogens is 362 g/mol. The Balaban J connectivity index is 1.53. The second-order valence-corrected chi connectivity index (χ2v) is 6.08. The SMILES string of the molecule is Nc1nc(COC(=O)Cn2[nH]c(=O)c3ccccc3c2=O)nc2ccccc12. The van der Waals surface area contributed by atoms with E-state index in [0.29, 0.717) is 10.9 Å². The third kappa shape index (κ3) is 3.20. The first-order chi connectivity index (χ1) is 13.5. The van der Waals surface area contributed by atoms with Crippen LogP contribution in [0.2, 0.25) is 0 Å². The van der Waals surface area contributed by atoms with E-state index in [1.807, 2.05) is 12.1 Å². The van der Waals surface area contributed by atoms with Gasteiger partial charge in [0.1, 0.15) is 12.4 Å². The van der Waals surface area contributed by atoms with Gasteiger partial charge in [0, 0.05) is 5.39 Å². The lowest BCUT2D eigenvalue weighted by Gasteiger charge is -2.08. The molecule has 0 saturated carbocycles. The van der Waals surface area contributed by atoms with Gasteiger partial charge in [-0.2, -0.15) is 0 Å². The van der Waals surface area contributed by atoms with Crippen LogP contribution in [0.4, 0.5) is 5.82 Å². The Morgan fingerprint density at radius 3 is 2.46 bits per heavy atom. The highest BCUT2D eigenvalue weighted by molar-refractivity contribution is 5.87. The molecule has 2 aromatic carbocycles. The van der Waals surface area contributed by atoms with E-state index in [9.17, 15) is 14.4 Å². The largest absolute Gasteiger partial charge is 0.456 e. The Hall–Kier alpha value is -4.01. The molecule has 0 aliphatic heterocycles. The highest BCUT2D eigenvalue weighted by atomic mass is 16.5. The van der Waals surface area contributed by atoms with Gasteiger partial charge < -0.3 is 10.5 Å². The number of fused-ring (bicyclic) bond motifs is 2. The van der Waals surface area contributed by atoms with Crippen LogP contribution in [0.15, 0.2) is 58.1 Å². The number of nitrogen functional groups attached to an aromatic ring is 1. The van der Waals surface area contributed by atoms with Gasteiger partial charge in [-0.1, -0.05) is 24.3 Å². The zero-order chi connectivity index (χ0) is 19.7. The number of nitrogens with two attached hydrogens (primary N) is 1. The molecule has 0 atom stereocenters. The second kappa shape index (κ2) is 6.95. The van der Waals surface area contributed by atoms with Gasteiger partial charge in [0.05, 0.1) is 16.3 Å². The van der Waals surface area contributed by atoms with Gasteiger partial charge in [0.15, 0.2) is 12.4 Å². The maximum absolute atomic E-state index is 12.4. The second-order valence-electron chi connectivity index (χ2n) is 6.08. The van der Waals surface area contributed by atoms with Gasteiger partial charge >= 0.3 is 5.97 Å². The maximum atomic E-state index is 12.4. The zero-order valence-electron chi connectivity index (χ0n) is 14.6. The van der Waals surface area contributed by atoms with Crippen molar-refractivity contribution in [2.24, 2.45) is 0 Å². The molecule has 2 aromatic heterocycles. The number of nitrogens with one attached hydrogen (secondary N) is 1. The van der Waals surface area contributed by atoms with Crippen LogP contribution in [0, 0.1) is 0 Å². The molecule has 0 spiro atoms. The molecule has 0 saturated heterocycles. The van der Waals surface area contributed by atoms with Crippen LogP contribution in [0.1, 0.15) is 5.82 Å². The molecule has 0 fully saturated rings. The summed E-state index contributed by atoms with van der Waals surface area (Å²) in [6.45, 7) is -0.650. The minimum Gasteiger partial charge on any atom is -0.456 e. The first kappa shape index (κ1) is 17.4. The van der Waals surface area contributed by atoms with E-state index in [2.05, 4.69) is 15.1 Å². The molecule has 3 N–H and O–H groups in total. The molecule has 2 heterocycles. The van der Waals surface area contributed by atoms with Gasteiger partial charge in [-0.15, -0.1) is 0 Å². The van der Waals surface area contributed by atoms with Crippen LogP contribution in [-0.2, 0) is 22.7 Å². The number of ether oxygens (including phenoxy) is 1. The molecule has 4 rings (SSSR count). The summed E-state index contributed by atoms with van der Waals surface area (Å²) < 4.78 is 6.06. The number of H-pyrrole nitrogens is 1. The topological polar surface area (TPSA) is 133 Å². The summed E-state index contributed by atoms with van der Waals surface area (Å²) in [7, 11) is 0. The lowest BCUT2D eigenvalue weighted by Crippen LogP contribution is -2.32. The molecule has 28 heavy (non-hydrogen) atoms. The van der Waals surface area contributed by atoms with Crippen LogP contribution in [0.5, 0.6) is 0 Å². The minimum absolute atomic E-state index is 0.208. The van der Waals surface area contributed by atoms with Crippen LogP contribution in [0.3, 0.4) is 0 Å². The highest BCUT2D eigenvalue weighted by Crippen LogP contribution is 2.17. The molecule has 9 heteroatoms. The quantitative estimate of drug-likeness (QED) is 0.506. The van der Waals surface area contributed by atoms with E-state index in [0.717, 1.165) is 4.68 Å². The number of carbonyl (C=O) groups excluding carboxylic acids is 1. The number of hydrogen-bond donors (Lipinski definition) is 2. The monoisotopic (exact) mass is 377 g/mol. The first-order valence-corrected chi connectivity index (χ1v) is 8.41. The van der Waals surface area contributed by atoms with Gasteiger partial charge in [-0.25, -0.2) is 14.6 Å². The van der Waals surface area contributed by atoms with E-state index in [1.165, 1.54) is 6.07 Å². The van der Waals surface area contributed by atoms with Crippen LogP contribution in [0.25, 0.3) is 21.7 Å². The van der Waals surface area contributed by atoms with E-state index >= 15 is 0 Å². The zero-order valence-corrected chi connectivity index (χ0v) is 14.6. The fourth-order valence-electron chi connectivity index (χ4n) is 2.89. The summed E-state index contributed by atoms with van der Waals surface area (Å²) in [5.41, 5.74) is 5.58. The fourth-order valence-corrected chi connectivity index (χ4v) is 2.89. The van der Waals surface area contributed by atoms with Crippen LogP contribution >= 0.6 is 0 Å². The summed E-state index contributed by atoms with van der Waals surface area (Å²) in [4.78, 5) is 45.1.